The summed E-state index contributed by atoms with van der Waals surface area (Å²) < 4.78 is 7.91. The third-order valence-electron chi connectivity index (χ3n) is 3.15. The van der Waals surface area contributed by atoms with Gasteiger partial charge in [0.2, 0.25) is 0 Å². The largest absolute Gasteiger partial charge is 0.456 e. The van der Waals surface area contributed by atoms with Crippen LogP contribution >= 0.6 is 31.9 Å². The molecule has 3 aromatic rings. The lowest BCUT2D eigenvalue weighted by atomic mass is 10.1. The first-order valence-electron chi connectivity index (χ1n) is 6.32. The third kappa shape index (κ3) is 2.89. The molecule has 0 spiro atoms. The Bertz CT molecular complexity index is 834. The van der Waals surface area contributed by atoms with Gasteiger partial charge in [0.1, 0.15) is 11.5 Å². The first-order chi connectivity index (χ1) is 10.0. The molecule has 21 heavy (non-hydrogen) atoms. The third-order valence-corrected chi connectivity index (χ3v) is 4.26. The summed E-state index contributed by atoms with van der Waals surface area (Å²) in [5.74, 6) is 1.51. The van der Waals surface area contributed by atoms with Gasteiger partial charge in [0.25, 0.3) is 0 Å². The van der Waals surface area contributed by atoms with Crippen molar-refractivity contribution >= 4 is 48.3 Å². The second-order valence-corrected chi connectivity index (χ2v) is 6.47. The summed E-state index contributed by atoms with van der Waals surface area (Å²) in [6, 6.07) is 11.5. The average Bonchev–Trinajstić information content (AvgIpc) is 2.44. The highest BCUT2D eigenvalue weighted by atomic mass is 79.9. The molecular weight excluding hydrogens is 396 g/mol. The summed E-state index contributed by atoms with van der Waals surface area (Å²) in [6.45, 7) is 1.95. The number of nitrogens with two attached hydrogens (primary N) is 1. The molecule has 1 heterocycles. The fraction of sp³-hybridized carbons (Fsp3) is 0.0625. The van der Waals surface area contributed by atoms with Crippen molar-refractivity contribution in [2.45, 2.75) is 6.92 Å². The van der Waals surface area contributed by atoms with Crippen molar-refractivity contribution < 1.29 is 4.74 Å². The fourth-order valence-electron chi connectivity index (χ4n) is 2.10. The molecule has 0 radical (unpaired) electrons. The van der Waals surface area contributed by atoms with E-state index in [9.17, 15) is 0 Å². The lowest BCUT2D eigenvalue weighted by Crippen LogP contribution is -1.93. The van der Waals surface area contributed by atoms with Gasteiger partial charge in [0.05, 0.1) is 4.47 Å². The van der Waals surface area contributed by atoms with Gasteiger partial charge in [-0.2, -0.15) is 0 Å². The molecule has 106 valence electrons. The van der Waals surface area contributed by atoms with Crippen LogP contribution < -0.4 is 10.5 Å². The second kappa shape index (κ2) is 5.66. The van der Waals surface area contributed by atoms with Crippen LogP contribution in [0.2, 0.25) is 0 Å². The van der Waals surface area contributed by atoms with Crippen LogP contribution in [0.1, 0.15) is 5.69 Å². The minimum atomic E-state index is 0.694. The average molecular weight is 408 g/mol. The molecule has 0 saturated carbocycles. The molecule has 2 N–H and O–H groups in total. The Morgan fingerprint density at radius 1 is 1.00 bits per heavy atom. The van der Waals surface area contributed by atoms with Crippen molar-refractivity contribution in [2.75, 3.05) is 5.73 Å². The summed E-state index contributed by atoms with van der Waals surface area (Å²) in [4.78, 5) is 4.29. The number of hydrogen-bond donors (Lipinski definition) is 1. The summed E-state index contributed by atoms with van der Waals surface area (Å²) in [5, 5.41) is 1.85. The molecule has 3 nitrogen and oxygen atoms in total. The zero-order chi connectivity index (χ0) is 15.0. The van der Waals surface area contributed by atoms with Gasteiger partial charge >= 0.3 is 0 Å². The minimum absolute atomic E-state index is 0.694. The summed E-state index contributed by atoms with van der Waals surface area (Å²) in [7, 11) is 0. The summed E-state index contributed by atoms with van der Waals surface area (Å²) in [5.41, 5.74) is 7.63. The maximum atomic E-state index is 6.04. The van der Waals surface area contributed by atoms with Gasteiger partial charge in [-0.1, -0.05) is 15.9 Å². The SMILES string of the molecule is Cc1cc2c(Oc3ccc(Br)cc3Br)ccc(N)c2cn1. The van der Waals surface area contributed by atoms with E-state index in [1.807, 2.05) is 43.3 Å². The number of pyridine rings is 1. The number of nitrogens with zero attached hydrogens (tertiary/aromatic N) is 1. The maximum Gasteiger partial charge on any atom is 0.141 e. The lowest BCUT2D eigenvalue weighted by molar-refractivity contribution is 0.485. The quantitative estimate of drug-likeness (QED) is 0.575. The second-order valence-electron chi connectivity index (χ2n) is 4.70. The standard InChI is InChI=1S/C16H12Br2N2O/c1-9-6-11-12(8-20-9)14(19)3-5-15(11)21-16-4-2-10(17)7-13(16)18/h2-8H,19H2,1H3. The van der Waals surface area contributed by atoms with Gasteiger partial charge in [-0.25, -0.2) is 0 Å². The Balaban J connectivity index is 2.12. The molecule has 0 aliphatic heterocycles. The first kappa shape index (κ1) is 14.4. The molecule has 1 aromatic heterocycles. The zero-order valence-electron chi connectivity index (χ0n) is 11.2. The van der Waals surface area contributed by atoms with Crippen LogP contribution in [0.4, 0.5) is 5.69 Å². The smallest absolute Gasteiger partial charge is 0.141 e. The van der Waals surface area contributed by atoms with E-state index in [1.165, 1.54) is 0 Å². The van der Waals surface area contributed by atoms with Crippen LogP contribution in [-0.2, 0) is 0 Å². The first-order valence-corrected chi connectivity index (χ1v) is 7.91. The number of rotatable bonds is 2. The van der Waals surface area contributed by atoms with E-state index >= 15 is 0 Å². The number of benzene rings is 2. The Kier molecular flexibility index (Phi) is 3.87. The van der Waals surface area contributed by atoms with Crippen molar-refractivity contribution in [1.82, 2.24) is 4.98 Å². The van der Waals surface area contributed by atoms with Gasteiger partial charge < -0.3 is 10.5 Å². The van der Waals surface area contributed by atoms with Crippen LogP contribution in [0.3, 0.4) is 0 Å². The van der Waals surface area contributed by atoms with E-state index in [1.54, 1.807) is 6.20 Å². The number of halogens is 2. The van der Waals surface area contributed by atoms with Gasteiger partial charge in [0, 0.05) is 32.8 Å². The van der Waals surface area contributed by atoms with Gasteiger partial charge in [-0.15, -0.1) is 0 Å². The predicted molar refractivity (Wildman–Crippen MR) is 92.8 cm³/mol. The molecule has 0 bridgehead atoms. The summed E-state index contributed by atoms with van der Waals surface area (Å²) in [6.07, 6.45) is 1.78. The number of ether oxygens (including phenoxy) is 1. The summed E-state index contributed by atoms with van der Waals surface area (Å²) >= 11 is 6.94. The molecule has 0 saturated heterocycles. The van der Waals surface area contributed by atoms with Crippen molar-refractivity contribution in [2.24, 2.45) is 0 Å². The lowest BCUT2D eigenvalue weighted by Gasteiger charge is -2.12. The number of anilines is 1. The molecule has 0 unspecified atom stereocenters. The monoisotopic (exact) mass is 406 g/mol. The molecule has 0 fully saturated rings. The van der Waals surface area contributed by atoms with E-state index in [0.29, 0.717) is 5.69 Å². The van der Waals surface area contributed by atoms with Crippen molar-refractivity contribution in [1.29, 1.82) is 0 Å². The number of aryl methyl sites for hydroxylation is 1. The molecule has 0 aliphatic carbocycles. The topological polar surface area (TPSA) is 48.1 Å². The zero-order valence-corrected chi connectivity index (χ0v) is 14.4. The molecule has 0 atom stereocenters. The van der Waals surface area contributed by atoms with E-state index in [4.69, 9.17) is 10.5 Å². The van der Waals surface area contributed by atoms with Crippen molar-refractivity contribution in [3.8, 4) is 11.5 Å². The van der Waals surface area contributed by atoms with E-state index in [2.05, 4.69) is 36.8 Å². The van der Waals surface area contributed by atoms with Crippen LogP contribution in [0.25, 0.3) is 10.8 Å². The van der Waals surface area contributed by atoms with E-state index in [-0.39, 0.29) is 0 Å². The van der Waals surface area contributed by atoms with Crippen molar-refractivity contribution in [3.05, 3.63) is 57.2 Å². The van der Waals surface area contributed by atoms with Crippen LogP contribution in [0.5, 0.6) is 11.5 Å². The molecular formula is C16H12Br2N2O. The number of hydrogen-bond acceptors (Lipinski definition) is 3. The van der Waals surface area contributed by atoms with Gasteiger partial charge in [-0.05, 0) is 59.3 Å². The highest BCUT2D eigenvalue weighted by Crippen LogP contribution is 2.36. The Hall–Kier alpha value is -1.59. The molecule has 5 heteroatoms. The van der Waals surface area contributed by atoms with Crippen LogP contribution in [0, 0.1) is 6.92 Å². The minimum Gasteiger partial charge on any atom is -0.456 e. The maximum absolute atomic E-state index is 6.04. The number of aromatic nitrogens is 1. The normalized spacial score (nSPS) is 10.8. The Morgan fingerprint density at radius 3 is 2.52 bits per heavy atom. The number of nitrogen functional groups attached to an aromatic ring is 1. The molecule has 3 rings (SSSR count). The highest BCUT2D eigenvalue weighted by Gasteiger charge is 2.09. The Labute approximate surface area is 139 Å². The number of fused-ring (bicyclic) bond motifs is 1. The Morgan fingerprint density at radius 2 is 1.76 bits per heavy atom. The molecule has 0 aliphatic rings. The highest BCUT2D eigenvalue weighted by molar-refractivity contribution is 9.11. The van der Waals surface area contributed by atoms with Gasteiger partial charge in [-0.3, -0.25) is 4.98 Å². The van der Waals surface area contributed by atoms with Gasteiger partial charge in [0.15, 0.2) is 0 Å². The van der Waals surface area contributed by atoms with Crippen LogP contribution in [-0.4, -0.2) is 4.98 Å². The molecule has 2 aromatic carbocycles. The molecule has 0 amide bonds. The van der Waals surface area contributed by atoms with E-state index < -0.39 is 0 Å². The fourth-order valence-corrected chi connectivity index (χ4v) is 3.23. The van der Waals surface area contributed by atoms with E-state index in [0.717, 1.165) is 36.9 Å². The predicted octanol–water partition coefficient (Wildman–Crippen LogP) is 5.44. The van der Waals surface area contributed by atoms with Crippen molar-refractivity contribution in [3.63, 3.8) is 0 Å². The van der Waals surface area contributed by atoms with Crippen LogP contribution in [0.15, 0.2) is 51.5 Å².